The highest BCUT2D eigenvalue weighted by Crippen LogP contribution is 2.29. The van der Waals surface area contributed by atoms with Gasteiger partial charge in [-0.3, -0.25) is 4.79 Å². The highest BCUT2D eigenvalue weighted by Gasteiger charge is 2.11. The summed E-state index contributed by atoms with van der Waals surface area (Å²) in [5.41, 5.74) is 1.47. The highest BCUT2D eigenvalue weighted by molar-refractivity contribution is 9.10. The van der Waals surface area contributed by atoms with Crippen molar-refractivity contribution in [2.75, 3.05) is 34.0 Å². The number of hydrogen-bond acceptors (Lipinski definition) is 5. The quantitative estimate of drug-likeness (QED) is 0.441. The molecule has 164 valence electrons. The smallest absolute Gasteiger partial charge is 0.251 e. The summed E-state index contributed by atoms with van der Waals surface area (Å²) >= 11 is 3.44. The second-order valence-electron chi connectivity index (χ2n) is 7.19. The van der Waals surface area contributed by atoms with Crippen molar-refractivity contribution in [3.05, 3.63) is 52.0 Å². The molecular weight excluding hydrogens is 450 g/mol. The van der Waals surface area contributed by atoms with E-state index in [1.165, 1.54) is 0 Å². The Morgan fingerprint density at radius 3 is 2.37 bits per heavy atom. The molecule has 1 amide bonds. The lowest BCUT2D eigenvalue weighted by Gasteiger charge is -2.14. The maximum absolute atomic E-state index is 12.5. The molecule has 0 aromatic heterocycles. The lowest BCUT2D eigenvalue weighted by Crippen LogP contribution is -2.22. The SMILES string of the molecule is COCCOc1ccc(C(=O)NCc2ccc(OCCC(C)C)c(OC)c2)cc1Br. The molecule has 0 heterocycles. The van der Waals surface area contributed by atoms with Gasteiger partial charge in [0.05, 0.1) is 24.8 Å². The van der Waals surface area contributed by atoms with Crippen molar-refractivity contribution >= 4 is 21.8 Å². The highest BCUT2D eigenvalue weighted by atomic mass is 79.9. The summed E-state index contributed by atoms with van der Waals surface area (Å²) in [7, 11) is 3.23. The maximum atomic E-state index is 12.5. The molecule has 1 N–H and O–H groups in total. The van der Waals surface area contributed by atoms with E-state index < -0.39 is 0 Å². The van der Waals surface area contributed by atoms with Crippen molar-refractivity contribution in [3.8, 4) is 17.2 Å². The molecule has 0 aliphatic heterocycles. The van der Waals surface area contributed by atoms with Crippen LogP contribution in [0.25, 0.3) is 0 Å². The third kappa shape index (κ3) is 7.54. The van der Waals surface area contributed by atoms with E-state index in [-0.39, 0.29) is 5.91 Å². The first-order valence-corrected chi connectivity index (χ1v) is 10.7. The third-order valence-electron chi connectivity index (χ3n) is 4.37. The Hall–Kier alpha value is -2.25. The van der Waals surface area contributed by atoms with Gasteiger partial charge < -0.3 is 24.3 Å². The van der Waals surface area contributed by atoms with Gasteiger partial charge >= 0.3 is 0 Å². The van der Waals surface area contributed by atoms with Crippen LogP contribution in [-0.2, 0) is 11.3 Å². The Labute approximate surface area is 187 Å². The molecule has 30 heavy (non-hydrogen) atoms. The fourth-order valence-corrected chi connectivity index (χ4v) is 3.12. The van der Waals surface area contributed by atoms with Crippen molar-refractivity contribution in [1.82, 2.24) is 5.32 Å². The lowest BCUT2D eigenvalue weighted by atomic mass is 10.1. The van der Waals surface area contributed by atoms with Crippen LogP contribution >= 0.6 is 15.9 Å². The Balaban J connectivity index is 1.94. The topological polar surface area (TPSA) is 66.0 Å². The van der Waals surface area contributed by atoms with Gasteiger partial charge in [0.15, 0.2) is 11.5 Å². The molecule has 2 aromatic rings. The summed E-state index contributed by atoms with van der Waals surface area (Å²) in [6.07, 6.45) is 0.979. The molecule has 0 atom stereocenters. The van der Waals surface area contributed by atoms with Crippen molar-refractivity contribution in [2.24, 2.45) is 5.92 Å². The van der Waals surface area contributed by atoms with Crippen molar-refractivity contribution in [2.45, 2.75) is 26.8 Å². The number of benzene rings is 2. The molecule has 0 fully saturated rings. The minimum absolute atomic E-state index is 0.171. The van der Waals surface area contributed by atoms with E-state index in [4.69, 9.17) is 18.9 Å². The molecule has 2 rings (SSSR count). The van der Waals surface area contributed by atoms with Crippen LogP contribution < -0.4 is 19.5 Å². The number of methoxy groups -OCH3 is 2. The van der Waals surface area contributed by atoms with Gasteiger partial charge in [-0.25, -0.2) is 0 Å². The van der Waals surface area contributed by atoms with E-state index in [0.29, 0.717) is 55.1 Å². The minimum Gasteiger partial charge on any atom is -0.493 e. The van der Waals surface area contributed by atoms with Crippen LogP contribution in [0.15, 0.2) is 40.9 Å². The first-order valence-electron chi connectivity index (χ1n) is 9.93. The van der Waals surface area contributed by atoms with Crippen LogP contribution in [0, 0.1) is 5.92 Å². The number of nitrogens with one attached hydrogen (secondary N) is 1. The van der Waals surface area contributed by atoms with Gasteiger partial charge in [0.1, 0.15) is 12.4 Å². The van der Waals surface area contributed by atoms with Gasteiger partial charge in [0.25, 0.3) is 5.91 Å². The summed E-state index contributed by atoms with van der Waals surface area (Å²) in [5.74, 6) is 2.44. The van der Waals surface area contributed by atoms with Crippen molar-refractivity contribution in [1.29, 1.82) is 0 Å². The fourth-order valence-electron chi connectivity index (χ4n) is 2.62. The van der Waals surface area contributed by atoms with E-state index >= 15 is 0 Å². The molecule has 0 bridgehead atoms. The predicted molar refractivity (Wildman–Crippen MR) is 121 cm³/mol. The van der Waals surface area contributed by atoms with Gasteiger partial charge in [-0.15, -0.1) is 0 Å². The standard InChI is InChI=1S/C23H30BrNO5/c1-16(2)9-10-29-21-7-5-17(13-22(21)28-4)15-25-23(26)18-6-8-20(19(24)14-18)30-12-11-27-3/h5-8,13-14,16H,9-12,15H2,1-4H3,(H,25,26). The van der Waals surface area contributed by atoms with Gasteiger partial charge in [-0.05, 0) is 64.2 Å². The van der Waals surface area contributed by atoms with E-state index in [1.807, 2.05) is 18.2 Å². The van der Waals surface area contributed by atoms with Crippen LogP contribution in [0.5, 0.6) is 17.2 Å². The second-order valence-corrected chi connectivity index (χ2v) is 8.04. The monoisotopic (exact) mass is 479 g/mol. The van der Waals surface area contributed by atoms with Crippen LogP contribution in [-0.4, -0.2) is 39.9 Å². The molecule has 0 aliphatic rings. The third-order valence-corrected chi connectivity index (χ3v) is 4.99. The number of halogens is 1. The molecule has 0 radical (unpaired) electrons. The zero-order valence-corrected chi connectivity index (χ0v) is 19.6. The fraction of sp³-hybridized carbons (Fsp3) is 0.435. The molecule has 7 heteroatoms. The van der Waals surface area contributed by atoms with Crippen LogP contribution in [0.1, 0.15) is 36.2 Å². The summed E-state index contributed by atoms with van der Waals surface area (Å²) in [6.45, 7) is 6.29. The second kappa shape index (κ2) is 12.4. The van der Waals surface area contributed by atoms with E-state index in [1.54, 1.807) is 32.4 Å². The molecule has 0 saturated carbocycles. The summed E-state index contributed by atoms with van der Waals surface area (Å²) in [6, 6.07) is 10.9. The molecule has 0 unspecified atom stereocenters. The number of rotatable bonds is 12. The number of hydrogen-bond donors (Lipinski definition) is 1. The largest absolute Gasteiger partial charge is 0.493 e. The Kier molecular flexibility index (Phi) is 9.97. The van der Waals surface area contributed by atoms with E-state index in [2.05, 4.69) is 35.1 Å². The molecule has 0 spiro atoms. The lowest BCUT2D eigenvalue weighted by molar-refractivity contribution is 0.0950. The Morgan fingerprint density at radius 1 is 0.967 bits per heavy atom. The van der Waals surface area contributed by atoms with Gasteiger partial charge in [0, 0.05) is 19.2 Å². The average molecular weight is 480 g/mol. The summed E-state index contributed by atoms with van der Waals surface area (Å²) < 4.78 is 22.5. The normalized spacial score (nSPS) is 10.7. The predicted octanol–water partition coefficient (Wildman–Crippen LogP) is 4.84. The summed E-state index contributed by atoms with van der Waals surface area (Å²) in [4.78, 5) is 12.5. The average Bonchev–Trinajstić information content (AvgIpc) is 2.73. The van der Waals surface area contributed by atoms with E-state index in [9.17, 15) is 4.79 Å². The molecular formula is C23H30BrNO5. The van der Waals surface area contributed by atoms with Crippen LogP contribution in [0.3, 0.4) is 0 Å². The zero-order valence-electron chi connectivity index (χ0n) is 18.0. The van der Waals surface area contributed by atoms with Gasteiger partial charge in [-0.2, -0.15) is 0 Å². The van der Waals surface area contributed by atoms with E-state index in [0.717, 1.165) is 16.5 Å². The summed E-state index contributed by atoms with van der Waals surface area (Å²) in [5, 5.41) is 2.93. The number of ether oxygens (including phenoxy) is 4. The molecule has 2 aromatic carbocycles. The van der Waals surface area contributed by atoms with Crippen LogP contribution in [0.4, 0.5) is 0 Å². The number of amides is 1. The zero-order chi connectivity index (χ0) is 21.9. The number of carbonyl (C=O) groups excluding carboxylic acids is 1. The molecule has 0 aliphatic carbocycles. The first-order chi connectivity index (χ1) is 14.4. The van der Waals surface area contributed by atoms with Crippen molar-refractivity contribution < 1.29 is 23.7 Å². The maximum Gasteiger partial charge on any atom is 0.251 e. The Bertz CT molecular complexity index is 825. The minimum atomic E-state index is -0.171. The number of carbonyl (C=O) groups is 1. The first kappa shape index (κ1) is 24.0. The molecule has 6 nitrogen and oxygen atoms in total. The van der Waals surface area contributed by atoms with Gasteiger partial charge in [-0.1, -0.05) is 19.9 Å². The van der Waals surface area contributed by atoms with Crippen molar-refractivity contribution in [3.63, 3.8) is 0 Å². The molecule has 0 saturated heterocycles. The Morgan fingerprint density at radius 2 is 1.70 bits per heavy atom. The van der Waals surface area contributed by atoms with Crippen LogP contribution in [0.2, 0.25) is 0 Å². The van der Waals surface area contributed by atoms with Gasteiger partial charge in [0.2, 0.25) is 0 Å².